The summed E-state index contributed by atoms with van der Waals surface area (Å²) in [6, 6.07) is 11.2. The highest BCUT2D eigenvalue weighted by Crippen LogP contribution is 2.16. The van der Waals surface area contributed by atoms with Crippen molar-refractivity contribution in [1.82, 2.24) is 14.8 Å². The third-order valence-electron chi connectivity index (χ3n) is 4.91. The molecule has 3 rings (SSSR count). The van der Waals surface area contributed by atoms with Crippen molar-refractivity contribution in [2.45, 2.75) is 32.3 Å². The first-order chi connectivity index (χ1) is 12.8. The Morgan fingerprint density at radius 3 is 2.11 bits per heavy atom. The Kier molecular flexibility index (Phi) is 5.65. The number of hydrogen-bond donors (Lipinski definition) is 2. The molecule has 2 heterocycles. The van der Waals surface area contributed by atoms with E-state index >= 15 is 0 Å². The number of aryl methyl sites for hydroxylation is 1. The standard InChI is InChI=1S/C21H27N3O3/c1-21(2,27)10-9-16-5-7-17(8-6-16)19(25)23-12-14-24(15-13-23)20(26)18-4-3-11-22-18/h3-8,11,22,27H,9-10,12-15H2,1-2H3. The van der Waals surface area contributed by atoms with E-state index in [9.17, 15) is 14.7 Å². The number of carbonyl (C=O) groups excluding carboxylic acids is 2. The molecular weight excluding hydrogens is 342 g/mol. The molecule has 0 spiro atoms. The second-order valence-electron chi connectivity index (χ2n) is 7.68. The van der Waals surface area contributed by atoms with E-state index in [1.807, 2.05) is 24.3 Å². The summed E-state index contributed by atoms with van der Waals surface area (Å²) in [4.78, 5) is 31.6. The van der Waals surface area contributed by atoms with Crippen molar-refractivity contribution in [2.75, 3.05) is 26.2 Å². The average molecular weight is 369 g/mol. The summed E-state index contributed by atoms with van der Waals surface area (Å²) in [5, 5.41) is 9.82. The summed E-state index contributed by atoms with van der Waals surface area (Å²) in [6.45, 7) is 5.73. The fraction of sp³-hybridized carbons (Fsp3) is 0.429. The number of piperazine rings is 1. The zero-order valence-corrected chi connectivity index (χ0v) is 15.9. The van der Waals surface area contributed by atoms with Crippen LogP contribution >= 0.6 is 0 Å². The van der Waals surface area contributed by atoms with Crippen molar-refractivity contribution in [3.05, 3.63) is 59.4 Å². The summed E-state index contributed by atoms with van der Waals surface area (Å²) in [6.07, 6.45) is 3.19. The van der Waals surface area contributed by atoms with Gasteiger partial charge in [0.1, 0.15) is 5.69 Å². The molecule has 0 radical (unpaired) electrons. The van der Waals surface area contributed by atoms with Crippen LogP contribution < -0.4 is 0 Å². The third kappa shape index (κ3) is 4.98. The summed E-state index contributed by atoms with van der Waals surface area (Å²) in [5.74, 6) is -0.0285. The summed E-state index contributed by atoms with van der Waals surface area (Å²) < 4.78 is 0. The number of benzene rings is 1. The molecule has 1 aliphatic heterocycles. The monoisotopic (exact) mass is 369 g/mol. The van der Waals surface area contributed by atoms with Gasteiger partial charge in [0.25, 0.3) is 11.8 Å². The second-order valence-corrected chi connectivity index (χ2v) is 7.68. The van der Waals surface area contributed by atoms with Crippen molar-refractivity contribution >= 4 is 11.8 Å². The zero-order chi connectivity index (χ0) is 19.4. The Morgan fingerprint density at radius 1 is 1.00 bits per heavy atom. The molecule has 0 bridgehead atoms. The zero-order valence-electron chi connectivity index (χ0n) is 15.9. The molecule has 0 saturated carbocycles. The number of rotatable bonds is 5. The lowest BCUT2D eigenvalue weighted by Gasteiger charge is -2.34. The lowest BCUT2D eigenvalue weighted by molar-refractivity contribution is 0.0532. The molecule has 6 nitrogen and oxygen atoms in total. The van der Waals surface area contributed by atoms with Crippen LogP contribution in [0.5, 0.6) is 0 Å². The first-order valence-electron chi connectivity index (χ1n) is 9.37. The predicted octanol–water partition coefficient (Wildman–Crippen LogP) is 2.32. The average Bonchev–Trinajstić information content (AvgIpc) is 3.20. The van der Waals surface area contributed by atoms with Crippen LogP contribution in [-0.4, -0.2) is 63.5 Å². The number of nitrogens with zero attached hydrogens (tertiary/aromatic N) is 2. The van der Waals surface area contributed by atoms with Crippen molar-refractivity contribution in [3.8, 4) is 0 Å². The predicted molar refractivity (Wildman–Crippen MR) is 104 cm³/mol. The van der Waals surface area contributed by atoms with Crippen LogP contribution in [0, 0.1) is 0 Å². The second kappa shape index (κ2) is 7.96. The van der Waals surface area contributed by atoms with E-state index in [1.165, 1.54) is 0 Å². The minimum atomic E-state index is -0.689. The van der Waals surface area contributed by atoms with Crippen LogP contribution in [-0.2, 0) is 6.42 Å². The Labute approximate surface area is 159 Å². The summed E-state index contributed by atoms with van der Waals surface area (Å²) in [7, 11) is 0. The lowest BCUT2D eigenvalue weighted by atomic mass is 9.98. The normalized spacial score (nSPS) is 15.1. The van der Waals surface area contributed by atoms with Crippen LogP contribution in [0.4, 0.5) is 0 Å². The van der Waals surface area contributed by atoms with E-state index in [2.05, 4.69) is 4.98 Å². The Morgan fingerprint density at radius 2 is 1.59 bits per heavy atom. The van der Waals surface area contributed by atoms with Gasteiger partial charge in [-0.25, -0.2) is 0 Å². The van der Waals surface area contributed by atoms with Crippen LogP contribution in [0.1, 0.15) is 46.7 Å². The molecule has 0 atom stereocenters. The number of hydrogen-bond acceptors (Lipinski definition) is 3. The molecule has 1 aromatic heterocycles. The van der Waals surface area contributed by atoms with Gasteiger partial charge in [-0.1, -0.05) is 12.1 Å². The number of nitrogens with one attached hydrogen (secondary N) is 1. The summed E-state index contributed by atoms with van der Waals surface area (Å²) in [5.41, 5.74) is 1.66. The number of amides is 2. The van der Waals surface area contributed by atoms with Crippen molar-refractivity contribution in [2.24, 2.45) is 0 Å². The first-order valence-corrected chi connectivity index (χ1v) is 9.37. The van der Waals surface area contributed by atoms with Gasteiger partial charge in [0.15, 0.2) is 0 Å². The molecule has 1 fully saturated rings. The van der Waals surface area contributed by atoms with Crippen molar-refractivity contribution in [3.63, 3.8) is 0 Å². The number of aromatic amines is 1. The van der Waals surface area contributed by atoms with Gasteiger partial charge in [0, 0.05) is 37.9 Å². The smallest absolute Gasteiger partial charge is 0.270 e. The highest BCUT2D eigenvalue weighted by molar-refractivity contribution is 5.95. The van der Waals surface area contributed by atoms with Gasteiger partial charge in [-0.05, 0) is 56.5 Å². The highest BCUT2D eigenvalue weighted by atomic mass is 16.3. The molecule has 144 valence electrons. The minimum Gasteiger partial charge on any atom is -0.390 e. The maximum absolute atomic E-state index is 12.7. The van der Waals surface area contributed by atoms with Gasteiger partial charge in [-0.15, -0.1) is 0 Å². The van der Waals surface area contributed by atoms with E-state index < -0.39 is 5.60 Å². The van der Waals surface area contributed by atoms with Crippen LogP contribution in [0.3, 0.4) is 0 Å². The maximum Gasteiger partial charge on any atom is 0.270 e. The van der Waals surface area contributed by atoms with E-state index in [0.29, 0.717) is 43.9 Å². The molecule has 2 N–H and O–H groups in total. The third-order valence-corrected chi connectivity index (χ3v) is 4.91. The molecule has 2 amide bonds. The number of carbonyl (C=O) groups is 2. The molecule has 2 aromatic rings. The van der Waals surface area contributed by atoms with Crippen molar-refractivity contribution < 1.29 is 14.7 Å². The molecule has 1 aromatic carbocycles. The number of H-pyrrole nitrogens is 1. The topological polar surface area (TPSA) is 76.6 Å². The van der Waals surface area contributed by atoms with E-state index in [4.69, 9.17) is 0 Å². The van der Waals surface area contributed by atoms with Gasteiger partial charge < -0.3 is 19.9 Å². The van der Waals surface area contributed by atoms with E-state index in [0.717, 1.165) is 12.0 Å². The molecule has 27 heavy (non-hydrogen) atoms. The van der Waals surface area contributed by atoms with Gasteiger partial charge >= 0.3 is 0 Å². The largest absolute Gasteiger partial charge is 0.390 e. The van der Waals surface area contributed by atoms with Gasteiger partial charge in [0.05, 0.1) is 5.60 Å². The number of aromatic nitrogens is 1. The fourth-order valence-electron chi connectivity index (χ4n) is 3.19. The van der Waals surface area contributed by atoms with Crippen LogP contribution in [0.2, 0.25) is 0 Å². The maximum atomic E-state index is 12.7. The van der Waals surface area contributed by atoms with Crippen LogP contribution in [0.15, 0.2) is 42.6 Å². The highest BCUT2D eigenvalue weighted by Gasteiger charge is 2.25. The van der Waals surface area contributed by atoms with E-state index in [-0.39, 0.29) is 11.8 Å². The first kappa shape index (κ1) is 19.2. The molecule has 1 saturated heterocycles. The molecule has 6 heteroatoms. The van der Waals surface area contributed by atoms with Crippen molar-refractivity contribution in [1.29, 1.82) is 0 Å². The molecule has 1 aliphatic rings. The molecule has 0 unspecified atom stereocenters. The SMILES string of the molecule is CC(C)(O)CCc1ccc(C(=O)N2CCN(C(=O)c3ccc[nH]3)CC2)cc1. The van der Waals surface area contributed by atoms with Gasteiger partial charge in [-0.2, -0.15) is 0 Å². The molecule has 0 aliphatic carbocycles. The van der Waals surface area contributed by atoms with Crippen LogP contribution in [0.25, 0.3) is 0 Å². The lowest BCUT2D eigenvalue weighted by Crippen LogP contribution is -2.50. The van der Waals surface area contributed by atoms with Gasteiger partial charge in [-0.3, -0.25) is 9.59 Å². The quantitative estimate of drug-likeness (QED) is 0.849. The fourth-order valence-corrected chi connectivity index (χ4v) is 3.19. The Balaban J connectivity index is 1.54. The minimum absolute atomic E-state index is 0.00369. The summed E-state index contributed by atoms with van der Waals surface area (Å²) >= 11 is 0. The Bertz CT molecular complexity index is 768. The van der Waals surface area contributed by atoms with Gasteiger partial charge in [0.2, 0.25) is 0 Å². The Hall–Kier alpha value is -2.60. The molecular formula is C21H27N3O3. The number of aliphatic hydroxyl groups is 1. The van der Waals surface area contributed by atoms with E-state index in [1.54, 1.807) is 42.0 Å².